The average Bonchev–Trinajstić information content (AvgIpc) is 2.84. The Kier molecular flexibility index (Phi) is 6.71. The molecule has 4 rings (SSSR count). The number of carbonyl (C=O) groups excluding carboxylic acids is 2. The number of amides is 2. The van der Waals surface area contributed by atoms with E-state index in [0.717, 1.165) is 51.7 Å². The number of nitro groups is 1. The molecule has 2 aromatic rings. The lowest BCUT2D eigenvalue weighted by Gasteiger charge is -2.32. The molecule has 10 heteroatoms. The largest absolute Gasteiger partial charge is 0.371 e. The Hall–Kier alpha value is -3.69. The molecule has 0 spiro atoms. The topological polar surface area (TPSA) is 135 Å². The van der Waals surface area contributed by atoms with Gasteiger partial charge in [0.15, 0.2) is 0 Å². The number of piperidine rings is 2. The van der Waals surface area contributed by atoms with Crippen LogP contribution in [0, 0.1) is 16.0 Å². The van der Waals surface area contributed by atoms with Gasteiger partial charge in [0, 0.05) is 38.3 Å². The number of nitro benzene ring substituents is 1. The van der Waals surface area contributed by atoms with Crippen molar-refractivity contribution >= 4 is 34.7 Å². The van der Waals surface area contributed by atoms with Crippen LogP contribution in [0.25, 0.3) is 0 Å². The van der Waals surface area contributed by atoms with Crippen molar-refractivity contribution in [3.8, 4) is 0 Å². The van der Waals surface area contributed by atoms with Crippen LogP contribution < -0.4 is 20.9 Å². The molecule has 1 unspecified atom stereocenters. The first-order valence-corrected chi connectivity index (χ1v) is 11.3. The van der Waals surface area contributed by atoms with Crippen LogP contribution in [0.5, 0.6) is 0 Å². The third-order valence-corrected chi connectivity index (χ3v) is 6.29. The zero-order valence-corrected chi connectivity index (χ0v) is 18.4. The molecule has 174 valence electrons. The minimum atomic E-state index is -0.495. The van der Waals surface area contributed by atoms with E-state index in [1.165, 1.54) is 12.1 Å². The number of rotatable bonds is 6. The van der Waals surface area contributed by atoms with E-state index in [-0.39, 0.29) is 23.1 Å². The molecule has 3 N–H and O–H groups in total. The summed E-state index contributed by atoms with van der Waals surface area (Å²) in [6.45, 7) is 2.95. The summed E-state index contributed by atoms with van der Waals surface area (Å²) >= 11 is 0. The number of hydrogen-bond donors (Lipinski definition) is 2. The van der Waals surface area contributed by atoms with Crippen LogP contribution in [0.15, 0.2) is 36.5 Å². The Labute approximate surface area is 191 Å². The molecule has 0 bridgehead atoms. The fourth-order valence-corrected chi connectivity index (χ4v) is 4.49. The van der Waals surface area contributed by atoms with Gasteiger partial charge in [0.25, 0.3) is 11.6 Å². The highest BCUT2D eigenvalue weighted by atomic mass is 16.6. The second kappa shape index (κ2) is 9.85. The third-order valence-electron chi connectivity index (χ3n) is 6.29. The van der Waals surface area contributed by atoms with E-state index in [1.807, 2.05) is 4.90 Å². The average molecular weight is 453 g/mol. The second-order valence-corrected chi connectivity index (χ2v) is 8.55. The normalized spacial score (nSPS) is 18.6. The summed E-state index contributed by atoms with van der Waals surface area (Å²) in [6, 6.07) is 7.96. The second-order valence-electron chi connectivity index (χ2n) is 8.55. The maximum Gasteiger partial charge on any atom is 0.270 e. The number of hydrogen-bond acceptors (Lipinski definition) is 7. The van der Waals surface area contributed by atoms with Gasteiger partial charge in [0.1, 0.15) is 5.82 Å². The van der Waals surface area contributed by atoms with Gasteiger partial charge in [0.05, 0.1) is 34.0 Å². The first-order chi connectivity index (χ1) is 15.9. The number of nitrogens with one attached hydrogen (secondary N) is 1. The van der Waals surface area contributed by atoms with Crippen molar-refractivity contribution in [3.05, 3.63) is 52.2 Å². The van der Waals surface area contributed by atoms with Gasteiger partial charge in [-0.25, -0.2) is 4.98 Å². The molecule has 1 aromatic carbocycles. The predicted octanol–water partition coefficient (Wildman–Crippen LogP) is 2.93. The van der Waals surface area contributed by atoms with Gasteiger partial charge >= 0.3 is 0 Å². The van der Waals surface area contributed by atoms with Gasteiger partial charge < -0.3 is 20.9 Å². The summed E-state index contributed by atoms with van der Waals surface area (Å²) in [5, 5.41) is 14.1. The predicted molar refractivity (Wildman–Crippen MR) is 125 cm³/mol. The summed E-state index contributed by atoms with van der Waals surface area (Å²) in [6.07, 6.45) is 6.38. The number of anilines is 3. The Morgan fingerprint density at radius 2 is 1.82 bits per heavy atom. The SMILES string of the molecule is NC(=O)C1CCCN(c2ccc(NC(=O)c3cc([N+](=O)[O-])ccc3N3CCCCC3)cn2)C1. The lowest BCUT2D eigenvalue weighted by atomic mass is 9.97. The molecular formula is C23H28N6O4. The fraction of sp³-hybridized carbons (Fsp3) is 0.435. The van der Waals surface area contributed by atoms with Crippen LogP contribution in [-0.2, 0) is 4.79 Å². The van der Waals surface area contributed by atoms with Crippen molar-refractivity contribution in [1.29, 1.82) is 0 Å². The van der Waals surface area contributed by atoms with Crippen LogP contribution >= 0.6 is 0 Å². The fourth-order valence-electron chi connectivity index (χ4n) is 4.49. The highest BCUT2D eigenvalue weighted by Gasteiger charge is 2.25. The van der Waals surface area contributed by atoms with Gasteiger partial charge in [0.2, 0.25) is 5.91 Å². The number of non-ortho nitro benzene ring substituents is 1. The molecule has 33 heavy (non-hydrogen) atoms. The lowest BCUT2D eigenvalue weighted by molar-refractivity contribution is -0.384. The number of nitrogens with zero attached hydrogens (tertiary/aromatic N) is 4. The highest BCUT2D eigenvalue weighted by molar-refractivity contribution is 6.08. The number of pyridine rings is 1. The number of benzene rings is 1. The van der Waals surface area contributed by atoms with Crippen molar-refractivity contribution in [3.63, 3.8) is 0 Å². The smallest absolute Gasteiger partial charge is 0.270 e. The molecule has 1 atom stereocenters. The highest BCUT2D eigenvalue weighted by Crippen LogP contribution is 2.29. The van der Waals surface area contributed by atoms with Gasteiger partial charge in [-0.05, 0) is 50.3 Å². The number of primary amides is 1. The standard InChI is InChI=1S/C23H28N6O4/c24-22(30)16-5-4-12-28(15-16)21-9-6-17(14-25-21)26-23(31)19-13-18(29(32)33)7-8-20(19)27-10-2-1-3-11-27/h6-9,13-14,16H,1-5,10-12,15H2,(H2,24,30)(H,26,31). The van der Waals surface area contributed by atoms with Crippen LogP contribution in [0.1, 0.15) is 42.5 Å². The van der Waals surface area contributed by atoms with Crippen LogP contribution in [0.3, 0.4) is 0 Å². The van der Waals surface area contributed by atoms with Crippen molar-refractivity contribution < 1.29 is 14.5 Å². The molecule has 2 fully saturated rings. The third kappa shape index (κ3) is 5.21. The first-order valence-electron chi connectivity index (χ1n) is 11.3. The summed E-state index contributed by atoms with van der Waals surface area (Å²) in [5.74, 6) is -0.198. The lowest BCUT2D eigenvalue weighted by Crippen LogP contribution is -2.41. The maximum atomic E-state index is 13.1. The Morgan fingerprint density at radius 1 is 1.06 bits per heavy atom. The molecule has 0 saturated carbocycles. The van der Waals surface area contributed by atoms with Gasteiger partial charge in [-0.15, -0.1) is 0 Å². The van der Waals surface area contributed by atoms with E-state index in [4.69, 9.17) is 5.73 Å². The molecule has 10 nitrogen and oxygen atoms in total. The van der Waals surface area contributed by atoms with Crippen LogP contribution in [-0.4, -0.2) is 47.9 Å². The van der Waals surface area contributed by atoms with E-state index in [0.29, 0.717) is 23.7 Å². The maximum absolute atomic E-state index is 13.1. The van der Waals surface area contributed by atoms with Gasteiger partial charge in [-0.3, -0.25) is 19.7 Å². The van der Waals surface area contributed by atoms with Crippen molar-refractivity contribution in [2.24, 2.45) is 11.7 Å². The monoisotopic (exact) mass is 452 g/mol. The summed E-state index contributed by atoms with van der Waals surface area (Å²) in [7, 11) is 0. The van der Waals surface area contributed by atoms with E-state index >= 15 is 0 Å². The molecule has 1 aromatic heterocycles. The quantitative estimate of drug-likeness (QED) is 0.508. The minimum Gasteiger partial charge on any atom is -0.371 e. The Morgan fingerprint density at radius 3 is 2.48 bits per heavy atom. The zero-order chi connectivity index (χ0) is 23.4. The Balaban J connectivity index is 1.51. The Bertz CT molecular complexity index is 1040. The molecule has 3 heterocycles. The molecule has 2 aliphatic heterocycles. The number of nitrogens with two attached hydrogens (primary N) is 1. The van der Waals surface area contributed by atoms with Crippen molar-refractivity contribution in [1.82, 2.24) is 4.98 Å². The van der Waals surface area contributed by atoms with Crippen LogP contribution in [0.2, 0.25) is 0 Å². The van der Waals surface area contributed by atoms with Crippen molar-refractivity contribution in [2.45, 2.75) is 32.1 Å². The van der Waals surface area contributed by atoms with E-state index < -0.39 is 10.8 Å². The molecule has 2 aliphatic rings. The first kappa shape index (κ1) is 22.5. The van der Waals surface area contributed by atoms with Gasteiger partial charge in [-0.2, -0.15) is 0 Å². The van der Waals surface area contributed by atoms with Gasteiger partial charge in [-0.1, -0.05) is 0 Å². The van der Waals surface area contributed by atoms with E-state index in [9.17, 15) is 19.7 Å². The number of aromatic nitrogens is 1. The number of carbonyl (C=O) groups is 2. The summed E-state index contributed by atoms with van der Waals surface area (Å²) < 4.78 is 0. The molecule has 0 radical (unpaired) electrons. The molecule has 2 saturated heterocycles. The molecule has 0 aliphatic carbocycles. The molecular weight excluding hydrogens is 424 g/mol. The molecule has 2 amide bonds. The summed E-state index contributed by atoms with van der Waals surface area (Å²) in [5.41, 5.74) is 6.80. The minimum absolute atomic E-state index is 0.122. The summed E-state index contributed by atoms with van der Waals surface area (Å²) in [4.78, 5) is 44.0. The van der Waals surface area contributed by atoms with E-state index in [1.54, 1.807) is 24.4 Å². The van der Waals surface area contributed by atoms with Crippen molar-refractivity contribution in [2.75, 3.05) is 41.3 Å². The zero-order valence-electron chi connectivity index (χ0n) is 18.4. The van der Waals surface area contributed by atoms with Crippen LogP contribution in [0.4, 0.5) is 22.9 Å². The van der Waals surface area contributed by atoms with E-state index in [2.05, 4.69) is 15.2 Å².